The number of aliphatic carboxylic acids is 1. The Bertz CT molecular complexity index is 627. The van der Waals surface area contributed by atoms with Crippen molar-refractivity contribution in [3.63, 3.8) is 0 Å². The van der Waals surface area contributed by atoms with Crippen LogP contribution in [-0.2, 0) is 9.59 Å². The largest absolute Gasteiger partial charge is 0.480 e. The number of nitrogens with one attached hydrogen (secondary N) is 1. The number of amides is 2. The van der Waals surface area contributed by atoms with Gasteiger partial charge in [-0.25, -0.2) is 4.79 Å². The predicted octanol–water partition coefficient (Wildman–Crippen LogP) is 1.64. The fourth-order valence-electron chi connectivity index (χ4n) is 3.96. The average Bonchev–Trinajstić information content (AvgIpc) is 3.21. The number of furan rings is 1. The van der Waals surface area contributed by atoms with E-state index in [9.17, 15) is 19.5 Å². The summed E-state index contributed by atoms with van der Waals surface area (Å²) in [5.74, 6) is -1.45. The van der Waals surface area contributed by atoms with Gasteiger partial charge in [0, 0.05) is 6.04 Å². The molecule has 2 aliphatic rings. The van der Waals surface area contributed by atoms with E-state index in [4.69, 9.17) is 4.42 Å². The van der Waals surface area contributed by atoms with Crippen LogP contribution in [0.15, 0.2) is 23.0 Å². The number of likely N-dealkylation sites (tertiary alicyclic amines) is 1. The number of rotatable bonds is 4. The molecule has 3 rings (SSSR count). The van der Waals surface area contributed by atoms with E-state index in [0.29, 0.717) is 12.0 Å². The summed E-state index contributed by atoms with van der Waals surface area (Å²) in [4.78, 5) is 38.0. The minimum absolute atomic E-state index is 0.0272. The van der Waals surface area contributed by atoms with Gasteiger partial charge in [-0.15, -0.1) is 0 Å². The van der Waals surface area contributed by atoms with Crippen molar-refractivity contribution in [3.05, 3.63) is 24.2 Å². The fraction of sp³-hybridized carbons (Fsp3) is 0.588. The number of carboxylic acids is 1. The molecule has 1 saturated carbocycles. The molecular weight excluding hydrogens is 312 g/mol. The first-order valence-corrected chi connectivity index (χ1v) is 8.37. The second-order valence-electron chi connectivity index (χ2n) is 6.65. The van der Waals surface area contributed by atoms with Crippen molar-refractivity contribution in [2.45, 2.75) is 57.2 Å². The van der Waals surface area contributed by atoms with Gasteiger partial charge in [0.1, 0.15) is 18.3 Å². The van der Waals surface area contributed by atoms with Crippen LogP contribution in [0, 0.1) is 5.92 Å². The van der Waals surface area contributed by atoms with Gasteiger partial charge in [0.15, 0.2) is 0 Å². The first-order chi connectivity index (χ1) is 11.5. The summed E-state index contributed by atoms with van der Waals surface area (Å²) in [6.07, 6.45) is 7.09. The zero-order chi connectivity index (χ0) is 17.3. The van der Waals surface area contributed by atoms with Crippen molar-refractivity contribution in [2.75, 3.05) is 0 Å². The van der Waals surface area contributed by atoms with E-state index in [0.717, 1.165) is 25.7 Å². The molecule has 1 saturated heterocycles. The van der Waals surface area contributed by atoms with E-state index in [1.54, 1.807) is 6.92 Å². The molecule has 0 spiro atoms. The summed E-state index contributed by atoms with van der Waals surface area (Å²) in [5.41, 5.74) is 0.335. The summed E-state index contributed by atoms with van der Waals surface area (Å²) in [7, 11) is 0. The summed E-state index contributed by atoms with van der Waals surface area (Å²) < 4.78 is 4.86. The van der Waals surface area contributed by atoms with Gasteiger partial charge < -0.3 is 19.7 Å². The Balaban J connectivity index is 1.73. The molecule has 1 aliphatic heterocycles. The van der Waals surface area contributed by atoms with Crippen molar-refractivity contribution in [2.24, 2.45) is 5.92 Å². The Labute approximate surface area is 140 Å². The third-order valence-corrected chi connectivity index (χ3v) is 5.13. The summed E-state index contributed by atoms with van der Waals surface area (Å²) in [6, 6.07) is -0.0889. The minimum atomic E-state index is -0.967. The molecule has 1 aliphatic carbocycles. The zero-order valence-electron chi connectivity index (χ0n) is 13.6. The lowest BCUT2D eigenvalue weighted by Crippen LogP contribution is -2.53. The second kappa shape index (κ2) is 6.67. The van der Waals surface area contributed by atoms with Gasteiger partial charge in [-0.3, -0.25) is 9.59 Å². The number of carbonyl (C=O) groups is 3. The number of nitrogens with zero attached hydrogens (tertiary/aromatic N) is 1. The van der Waals surface area contributed by atoms with Gasteiger partial charge in [0.2, 0.25) is 5.91 Å². The Hall–Kier alpha value is -2.31. The van der Waals surface area contributed by atoms with Crippen LogP contribution in [0.25, 0.3) is 0 Å². The van der Waals surface area contributed by atoms with Crippen molar-refractivity contribution >= 4 is 17.8 Å². The highest BCUT2D eigenvalue weighted by molar-refractivity contribution is 5.97. The zero-order valence-corrected chi connectivity index (χ0v) is 13.6. The molecule has 130 valence electrons. The average molecular weight is 334 g/mol. The maximum Gasteiger partial charge on any atom is 0.326 e. The fourth-order valence-corrected chi connectivity index (χ4v) is 3.96. The van der Waals surface area contributed by atoms with Gasteiger partial charge in [0.05, 0.1) is 11.8 Å². The van der Waals surface area contributed by atoms with Crippen LogP contribution in [0.2, 0.25) is 0 Å². The molecule has 4 unspecified atom stereocenters. The Morgan fingerprint density at radius 2 is 2.08 bits per heavy atom. The topological polar surface area (TPSA) is 99.9 Å². The second-order valence-corrected chi connectivity index (χ2v) is 6.65. The third-order valence-electron chi connectivity index (χ3n) is 5.13. The Morgan fingerprint density at radius 1 is 1.33 bits per heavy atom. The highest BCUT2D eigenvalue weighted by atomic mass is 16.4. The number of carboxylic acid groups (broad SMARTS) is 1. The van der Waals surface area contributed by atoms with Crippen LogP contribution in [0.3, 0.4) is 0 Å². The molecule has 2 amide bonds. The monoisotopic (exact) mass is 334 g/mol. The predicted molar refractivity (Wildman–Crippen MR) is 84.3 cm³/mol. The summed E-state index contributed by atoms with van der Waals surface area (Å²) >= 11 is 0. The van der Waals surface area contributed by atoms with Crippen molar-refractivity contribution in [1.29, 1.82) is 0 Å². The maximum atomic E-state index is 12.8. The molecule has 0 bridgehead atoms. The number of hydrogen-bond acceptors (Lipinski definition) is 4. The first-order valence-electron chi connectivity index (χ1n) is 8.37. The molecule has 7 nitrogen and oxygen atoms in total. The lowest BCUT2D eigenvalue weighted by molar-refractivity contribution is -0.150. The van der Waals surface area contributed by atoms with Gasteiger partial charge in [-0.2, -0.15) is 0 Å². The van der Waals surface area contributed by atoms with Crippen LogP contribution >= 0.6 is 0 Å². The molecule has 0 radical (unpaired) electrons. The van der Waals surface area contributed by atoms with Crippen molar-refractivity contribution in [1.82, 2.24) is 10.2 Å². The molecule has 24 heavy (non-hydrogen) atoms. The molecule has 2 N–H and O–H groups in total. The van der Waals surface area contributed by atoms with E-state index in [1.807, 2.05) is 0 Å². The third kappa shape index (κ3) is 3.02. The normalized spacial score (nSPS) is 27.4. The molecule has 4 atom stereocenters. The quantitative estimate of drug-likeness (QED) is 0.872. The molecule has 0 aromatic carbocycles. The molecule has 2 fully saturated rings. The molecule has 1 aromatic heterocycles. The number of fused-ring (bicyclic) bond motifs is 1. The van der Waals surface area contributed by atoms with Gasteiger partial charge >= 0.3 is 5.97 Å². The van der Waals surface area contributed by atoms with Crippen molar-refractivity contribution in [3.8, 4) is 0 Å². The van der Waals surface area contributed by atoms with Gasteiger partial charge in [-0.1, -0.05) is 12.8 Å². The lowest BCUT2D eigenvalue weighted by atomic mass is 9.84. The van der Waals surface area contributed by atoms with E-state index < -0.39 is 24.0 Å². The van der Waals surface area contributed by atoms with Crippen LogP contribution in [0.5, 0.6) is 0 Å². The smallest absolute Gasteiger partial charge is 0.326 e. The van der Waals surface area contributed by atoms with Gasteiger partial charge in [0.25, 0.3) is 5.91 Å². The highest BCUT2D eigenvalue weighted by Gasteiger charge is 2.48. The van der Waals surface area contributed by atoms with Crippen LogP contribution < -0.4 is 5.32 Å². The molecule has 1 aromatic rings. The van der Waals surface area contributed by atoms with E-state index in [-0.39, 0.29) is 17.9 Å². The van der Waals surface area contributed by atoms with E-state index in [1.165, 1.54) is 23.5 Å². The highest BCUT2D eigenvalue weighted by Crippen LogP contribution is 2.40. The van der Waals surface area contributed by atoms with E-state index >= 15 is 0 Å². The Morgan fingerprint density at radius 3 is 2.75 bits per heavy atom. The van der Waals surface area contributed by atoms with Crippen LogP contribution in [-0.4, -0.2) is 45.9 Å². The van der Waals surface area contributed by atoms with E-state index in [2.05, 4.69) is 5.32 Å². The Kier molecular flexibility index (Phi) is 4.59. The number of carbonyl (C=O) groups excluding carboxylic acids is 2. The molecular formula is C17H22N2O5. The summed E-state index contributed by atoms with van der Waals surface area (Å²) in [6.45, 7) is 1.59. The molecule has 2 heterocycles. The van der Waals surface area contributed by atoms with Crippen LogP contribution in [0.1, 0.15) is 49.4 Å². The lowest BCUT2D eigenvalue weighted by Gasteiger charge is -2.34. The molecule has 7 heteroatoms. The van der Waals surface area contributed by atoms with Crippen molar-refractivity contribution < 1.29 is 23.9 Å². The SMILES string of the molecule is CC(NC(=O)c1ccoc1)C(=O)N1C(C(=O)O)CC2CCCCC21. The maximum absolute atomic E-state index is 12.8. The first kappa shape index (κ1) is 16.5. The summed E-state index contributed by atoms with van der Waals surface area (Å²) in [5, 5.41) is 12.1. The minimum Gasteiger partial charge on any atom is -0.480 e. The van der Waals surface area contributed by atoms with Gasteiger partial charge in [-0.05, 0) is 38.2 Å². The standard InChI is InChI=1S/C17H22N2O5/c1-10(18-15(20)12-6-7-24-9-12)16(21)19-13-5-3-2-4-11(13)8-14(19)17(22)23/h6-7,9-11,13-14H,2-5,8H2,1H3,(H,18,20)(H,22,23). The van der Waals surface area contributed by atoms with Crippen LogP contribution in [0.4, 0.5) is 0 Å². The number of hydrogen-bond donors (Lipinski definition) is 2.